The Hall–Kier alpha value is -1.35. The van der Waals surface area contributed by atoms with Gasteiger partial charge in [-0.1, -0.05) is 12.1 Å². The Morgan fingerprint density at radius 3 is 2.72 bits per heavy atom. The number of para-hydroxylation sites is 1. The lowest BCUT2D eigenvalue weighted by atomic mass is 10.2. The maximum absolute atomic E-state index is 13.9. The van der Waals surface area contributed by atoms with Crippen molar-refractivity contribution in [3.05, 3.63) is 35.8 Å². The summed E-state index contributed by atoms with van der Waals surface area (Å²) in [5.41, 5.74) is 1.99. The van der Waals surface area contributed by atoms with Crippen molar-refractivity contribution in [2.45, 2.75) is 32.9 Å². The number of hydrogen-bond acceptors (Lipinski definition) is 1. The van der Waals surface area contributed by atoms with Crippen molar-refractivity contribution >= 4 is 10.9 Å². The van der Waals surface area contributed by atoms with Crippen molar-refractivity contribution in [2.24, 2.45) is 0 Å². The van der Waals surface area contributed by atoms with Gasteiger partial charge in [0.25, 0.3) is 0 Å². The zero-order valence-corrected chi connectivity index (χ0v) is 10.8. The summed E-state index contributed by atoms with van der Waals surface area (Å²) in [6.45, 7) is 6.20. The van der Waals surface area contributed by atoms with E-state index in [1.807, 2.05) is 6.07 Å². The van der Waals surface area contributed by atoms with Crippen LogP contribution in [-0.2, 0) is 13.1 Å². The highest BCUT2D eigenvalue weighted by atomic mass is 19.1. The Balaban J connectivity index is 2.02. The van der Waals surface area contributed by atoms with E-state index in [0.29, 0.717) is 0 Å². The Labute approximate surface area is 107 Å². The lowest BCUT2D eigenvalue weighted by Gasteiger charge is -2.16. The van der Waals surface area contributed by atoms with Crippen molar-refractivity contribution in [1.82, 2.24) is 9.47 Å². The maximum atomic E-state index is 13.9. The van der Waals surface area contributed by atoms with Crippen LogP contribution in [0.25, 0.3) is 10.9 Å². The van der Waals surface area contributed by atoms with Gasteiger partial charge in [0, 0.05) is 24.2 Å². The van der Waals surface area contributed by atoms with Crippen molar-refractivity contribution in [3.63, 3.8) is 0 Å². The number of aryl methyl sites for hydroxylation is 1. The fraction of sp³-hybridized carbons (Fsp3) is 0.467. The van der Waals surface area contributed by atoms with E-state index >= 15 is 0 Å². The normalized spacial score (nSPS) is 16.8. The standard InChI is InChI=1S/C15H19FN2/c1-2-18-13(11-17-8-3-4-9-17)10-12-6-5-7-14(16)15(12)18/h5-7,10H,2-4,8-9,11H2,1H3. The largest absolute Gasteiger partial charge is 0.341 e. The summed E-state index contributed by atoms with van der Waals surface area (Å²) in [7, 11) is 0. The molecule has 2 aromatic rings. The Morgan fingerprint density at radius 1 is 1.22 bits per heavy atom. The second kappa shape index (κ2) is 4.73. The van der Waals surface area contributed by atoms with E-state index in [1.165, 1.54) is 31.6 Å². The fourth-order valence-corrected chi connectivity index (χ4v) is 3.00. The van der Waals surface area contributed by atoms with E-state index < -0.39 is 0 Å². The van der Waals surface area contributed by atoms with Gasteiger partial charge < -0.3 is 4.57 Å². The molecule has 96 valence electrons. The van der Waals surface area contributed by atoms with Crippen LogP contribution in [-0.4, -0.2) is 22.6 Å². The Morgan fingerprint density at radius 2 is 2.00 bits per heavy atom. The number of fused-ring (bicyclic) bond motifs is 1. The predicted octanol–water partition coefficient (Wildman–Crippen LogP) is 3.40. The molecule has 2 heterocycles. The molecule has 0 bridgehead atoms. The first-order valence-electron chi connectivity index (χ1n) is 6.78. The van der Waals surface area contributed by atoms with Gasteiger partial charge in [0.15, 0.2) is 0 Å². The molecule has 1 saturated heterocycles. The van der Waals surface area contributed by atoms with E-state index in [2.05, 4.69) is 22.5 Å². The molecule has 0 spiro atoms. The van der Waals surface area contributed by atoms with Crippen LogP contribution in [0.1, 0.15) is 25.5 Å². The molecular weight excluding hydrogens is 227 g/mol. The minimum atomic E-state index is -0.109. The van der Waals surface area contributed by atoms with Gasteiger partial charge in [-0.05, 0) is 45.0 Å². The average molecular weight is 246 g/mol. The van der Waals surface area contributed by atoms with Crippen LogP contribution in [0.2, 0.25) is 0 Å². The number of nitrogens with zero attached hydrogens (tertiary/aromatic N) is 2. The zero-order chi connectivity index (χ0) is 12.5. The monoisotopic (exact) mass is 246 g/mol. The lowest BCUT2D eigenvalue weighted by Crippen LogP contribution is -2.20. The summed E-state index contributed by atoms with van der Waals surface area (Å²) in [5.74, 6) is -0.109. The molecular formula is C15H19FN2. The fourth-order valence-electron chi connectivity index (χ4n) is 3.00. The summed E-state index contributed by atoms with van der Waals surface area (Å²) in [6.07, 6.45) is 2.58. The van der Waals surface area contributed by atoms with E-state index in [0.717, 1.165) is 24.0 Å². The quantitative estimate of drug-likeness (QED) is 0.806. The smallest absolute Gasteiger partial charge is 0.147 e. The molecule has 3 rings (SSSR count). The Bertz CT molecular complexity index is 553. The summed E-state index contributed by atoms with van der Waals surface area (Å²) in [5, 5.41) is 1.02. The zero-order valence-electron chi connectivity index (χ0n) is 10.8. The van der Waals surface area contributed by atoms with Crippen LogP contribution in [0, 0.1) is 5.82 Å². The first-order valence-corrected chi connectivity index (χ1v) is 6.78. The van der Waals surface area contributed by atoms with Gasteiger partial charge in [-0.15, -0.1) is 0 Å². The number of halogens is 1. The molecule has 0 atom stereocenters. The topological polar surface area (TPSA) is 8.17 Å². The molecule has 0 saturated carbocycles. The van der Waals surface area contributed by atoms with E-state index in [9.17, 15) is 4.39 Å². The molecule has 3 heteroatoms. The second-order valence-corrected chi connectivity index (χ2v) is 5.04. The van der Waals surface area contributed by atoms with Gasteiger partial charge in [-0.25, -0.2) is 4.39 Å². The van der Waals surface area contributed by atoms with Gasteiger partial charge in [-0.2, -0.15) is 0 Å². The van der Waals surface area contributed by atoms with Gasteiger partial charge in [0.2, 0.25) is 0 Å². The van der Waals surface area contributed by atoms with E-state index in [4.69, 9.17) is 0 Å². The number of hydrogen-bond donors (Lipinski definition) is 0. The molecule has 2 nitrogen and oxygen atoms in total. The number of aromatic nitrogens is 1. The third-order valence-electron chi connectivity index (χ3n) is 3.86. The first kappa shape index (κ1) is 11.7. The molecule has 0 unspecified atom stereocenters. The minimum Gasteiger partial charge on any atom is -0.341 e. The average Bonchev–Trinajstić information content (AvgIpc) is 2.97. The molecule has 0 amide bonds. The SMILES string of the molecule is CCn1c(CN2CCCC2)cc2cccc(F)c21. The predicted molar refractivity (Wildman–Crippen MR) is 72.1 cm³/mol. The molecule has 18 heavy (non-hydrogen) atoms. The summed E-state index contributed by atoms with van der Waals surface area (Å²) < 4.78 is 16.0. The highest BCUT2D eigenvalue weighted by molar-refractivity contribution is 5.81. The summed E-state index contributed by atoms with van der Waals surface area (Å²) in [6, 6.07) is 7.48. The highest BCUT2D eigenvalue weighted by Crippen LogP contribution is 2.24. The van der Waals surface area contributed by atoms with Gasteiger partial charge in [0.05, 0.1) is 5.52 Å². The molecule has 0 aliphatic carbocycles. The number of likely N-dealkylation sites (tertiary alicyclic amines) is 1. The van der Waals surface area contributed by atoms with Gasteiger partial charge in [-0.3, -0.25) is 4.90 Å². The van der Waals surface area contributed by atoms with Gasteiger partial charge in [0.1, 0.15) is 5.82 Å². The van der Waals surface area contributed by atoms with Crippen LogP contribution < -0.4 is 0 Å². The highest BCUT2D eigenvalue weighted by Gasteiger charge is 2.16. The number of rotatable bonds is 3. The van der Waals surface area contributed by atoms with Crippen molar-refractivity contribution in [1.29, 1.82) is 0 Å². The van der Waals surface area contributed by atoms with Crippen LogP contribution in [0.5, 0.6) is 0 Å². The first-order chi connectivity index (χ1) is 8.79. The van der Waals surface area contributed by atoms with E-state index in [-0.39, 0.29) is 5.82 Å². The minimum absolute atomic E-state index is 0.109. The summed E-state index contributed by atoms with van der Waals surface area (Å²) in [4.78, 5) is 2.46. The van der Waals surface area contributed by atoms with Crippen molar-refractivity contribution in [2.75, 3.05) is 13.1 Å². The molecule has 1 aromatic carbocycles. The van der Waals surface area contributed by atoms with Crippen LogP contribution in [0.3, 0.4) is 0 Å². The molecule has 0 radical (unpaired) electrons. The third kappa shape index (κ3) is 1.93. The molecule has 1 aromatic heterocycles. The Kier molecular flexibility index (Phi) is 3.08. The van der Waals surface area contributed by atoms with Crippen LogP contribution in [0.4, 0.5) is 4.39 Å². The lowest BCUT2D eigenvalue weighted by molar-refractivity contribution is 0.322. The number of benzene rings is 1. The van der Waals surface area contributed by atoms with E-state index in [1.54, 1.807) is 12.1 Å². The van der Waals surface area contributed by atoms with Crippen molar-refractivity contribution in [3.8, 4) is 0 Å². The van der Waals surface area contributed by atoms with Crippen LogP contribution >= 0.6 is 0 Å². The molecule has 0 N–H and O–H groups in total. The van der Waals surface area contributed by atoms with Crippen LogP contribution in [0.15, 0.2) is 24.3 Å². The third-order valence-corrected chi connectivity index (χ3v) is 3.86. The second-order valence-electron chi connectivity index (χ2n) is 5.04. The molecule has 1 aliphatic rings. The van der Waals surface area contributed by atoms with Crippen molar-refractivity contribution < 1.29 is 4.39 Å². The molecule has 1 fully saturated rings. The van der Waals surface area contributed by atoms with Gasteiger partial charge >= 0.3 is 0 Å². The maximum Gasteiger partial charge on any atom is 0.147 e. The molecule has 1 aliphatic heterocycles. The summed E-state index contributed by atoms with van der Waals surface area (Å²) >= 11 is 0.